The van der Waals surface area contributed by atoms with Crippen molar-refractivity contribution in [3.63, 3.8) is 0 Å². The molecule has 0 unspecified atom stereocenters. The second-order valence-corrected chi connectivity index (χ2v) is 6.41. The zero-order valence-corrected chi connectivity index (χ0v) is 15.2. The van der Waals surface area contributed by atoms with Crippen molar-refractivity contribution in [3.8, 4) is 0 Å². The maximum absolute atomic E-state index is 12.4. The first kappa shape index (κ1) is 17.1. The lowest BCUT2D eigenvalue weighted by atomic mass is 10.1. The summed E-state index contributed by atoms with van der Waals surface area (Å²) >= 11 is 0. The van der Waals surface area contributed by atoms with Crippen LogP contribution in [0.15, 0.2) is 41.3 Å². The quantitative estimate of drug-likeness (QED) is 0.744. The summed E-state index contributed by atoms with van der Waals surface area (Å²) in [5, 5.41) is 4.12. The number of rotatable bonds is 5. The fourth-order valence-electron chi connectivity index (χ4n) is 3.05. The van der Waals surface area contributed by atoms with Gasteiger partial charge in [0.1, 0.15) is 5.65 Å². The van der Waals surface area contributed by atoms with Gasteiger partial charge in [0.15, 0.2) is 0 Å². The number of aromatic nitrogens is 3. The van der Waals surface area contributed by atoms with Crippen LogP contribution in [0, 0.1) is 13.8 Å². The monoisotopic (exact) mass is 336 g/mol. The van der Waals surface area contributed by atoms with Crippen LogP contribution in [0.4, 0.5) is 11.6 Å². The topological polar surface area (TPSA) is 59.8 Å². The molecule has 2 aromatic heterocycles. The van der Waals surface area contributed by atoms with Crippen molar-refractivity contribution < 1.29 is 0 Å². The highest BCUT2D eigenvalue weighted by molar-refractivity contribution is 5.75. The SMILES string of the molecule is CCC(CC)n1c(=O)ccc2cnc(Nc3ccc(C)c(C)c3)nc21. The van der Waals surface area contributed by atoms with E-state index in [0.717, 1.165) is 23.9 Å². The minimum absolute atomic E-state index is 0.0166. The minimum Gasteiger partial charge on any atom is -0.324 e. The van der Waals surface area contributed by atoms with E-state index in [1.807, 2.05) is 6.07 Å². The number of nitrogens with zero attached hydrogens (tertiary/aromatic N) is 3. The number of hydrogen-bond acceptors (Lipinski definition) is 4. The molecule has 0 radical (unpaired) electrons. The minimum atomic E-state index is -0.0166. The summed E-state index contributed by atoms with van der Waals surface area (Å²) in [6.45, 7) is 8.34. The molecule has 0 atom stereocenters. The molecule has 0 spiro atoms. The highest BCUT2D eigenvalue weighted by atomic mass is 16.1. The summed E-state index contributed by atoms with van der Waals surface area (Å²) in [6.07, 6.45) is 3.54. The zero-order valence-electron chi connectivity index (χ0n) is 15.2. The molecule has 130 valence electrons. The predicted octanol–water partition coefficient (Wildman–Crippen LogP) is 4.51. The summed E-state index contributed by atoms with van der Waals surface area (Å²) in [7, 11) is 0. The Bertz CT molecular complexity index is 958. The van der Waals surface area contributed by atoms with Gasteiger partial charge >= 0.3 is 0 Å². The molecular formula is C20H24N4O. The standard InChI is InChI=1S/C20H24N4O/c1-5-17(6-2)24-18(25)10-8-15-12-21-20(23-19(15)24)22-16-9-7-13(3)14(4)11-16/h7-12,17H,5-6H2,1-4H3,(H,21,22,23). The Morgan fingerprint density at radius 1 is 1.08 bits per heavy atom. The van der Waals surface area contributed by atoms with Gasteiger partial charge in [0, 0.05) is 29.4 Å². The average Bonchev–Trinajstić information content (AvgIpc) is 2.61. The molecule has 1 N–H and O–H groups in total. The van der Waals surface area contributed by atoms with Gasteiger partial charge in [0.2, 0.25) is 5.95 Å². The van der Waals surface area contributed by atoms with E-state index in [0.29, 0.717) is 11.6 Å². The fraction of sp³-hybridized carbons (Fsp3) is 0.350. The average molecular weight is 336 g/mol. The van der Waals surface area contributed by atoms with E-state index in [-0.39, 0.29) is 11.6 Å². The third-order valence-electron chi connectivity index (χ3n) is 4.74. The van der Waals surface area contributed by atoms with Gasteiger partial charge in [-0.3, -0.25) is 9.36 Å². The van der Waals surface area contributed by atoms with Crippen LogP contribution in [0.2, 0.25) is 0 Å². The first-order chi connectivity index (χ1) is 12.0. The van der Waals surface area contributed by atoms with Crippen LogP contribution in [0.3, 0.4) is 0 Å². The van der Waals surface area contributed by atoms with E-state index in [2.05, 4.69) is 55.1 Å². The Kier molecular flexibility index (Phi) is 4.83. The van der Waals surface area contributed by atoms with E-state index in [1.165, 1.54) is 11.1 Å². The van der Waals surface area contributed by atoms with Gasteiger partial charge < -0.3 is 5.32 Å². The molecule has 5 nitrogen and oxygen atoms in total. The molecule has 0 bridgehead atoms. The second-order valence-electron chi connectivity index (χ2n) is 6.41. The van der Waals surface area contributed by atoms with Gasteiger partial charge in [-0.2, -0.15) is 4.98 Å². The molecular weight excluding hydrogens is 312 g/mol. The van der Waals surface area contributed by atoms with Crippen LogP contribution < -0.4 is 10.9 Å². The first-order valence-electron chi connectivity index (χ1n) is 8.76. The molecule has 5 heteroatoms. The van der Waals surface area contributed by atoms with Crippen molar-refractivity contribution in [2.45, 2.75) is 46.6 Å². The molecule has 0 fully saturated rings. The van der Waals surface area contributed by atoms with Crippen LogP contribution in [0.25, 0.3) is 11.0 Å². The second kappa shape index (κ2) is 7.05. The van der Waals surface area contributed by atoms with Crippen LogP contribution >= 0.6 is 0 Å². The Hall–Kier alpha value is -2.69. The smallest absolute Gasteiger partial charge is 0.252 e. The molecule has 0 aliphatic rings. The third kappa shape index (κ3) is 3.40. The van der Waals surface area contributed by atoms with Gasteiger partial charge in [-0.25, -0.2) is 4.98 Å². The van der Waals surface area contributed by atoms with E-state index >= 15 is 0 Å². The maximum Gasteiger partial charge on any atom is 0.252 e. The number of anilines is 2. The van der Waals surface area contributed by atoms with Gasteiger partial charge in [-0.1, -0.05) is 19.9 Å². The molecule has 3 rings (SSSR count). The van der Waals surface area contributed by atoms with Crippen molar-refractivity contribution in [2.75, 3.05) is 5.32 Å². The van der Waals surface area contributed by atoms with Crippen LogP contribution in [-0.4, -0.2) is 14.5 Å². The number of aryl methyl sites for hydroxylation is 2. The Morgan fingerprint density at radius 3 is 2.52 bits per heavy atom. The summed E-state index contributed by atoms with van der Waals surface area (Å²) in [6, 6.07) is 9.67. The summed E-state index contributed by atoms with van der Waals surface area (Å²) in [4.78, 5) is 21.5. The van der Waals surface area contributed by atoms with Crippen LogP contribution in [-0.2, 0) is 0 Å². The van der Waals surface area contributed by atoms with Gasteiger partial charge in [-0.05, 0) is 56.0 Å². The van der Waals surface area contributed by atoms with Gasteiger partial charge in [0.05, 0.1) is 0 Å². The van der Waals surface area contributed by atoms with Crippen LogP contribution in [0.1, 0.15) is 43.9 Å². The number of fused-ring (bicyclic) bond motifs is 1. The number of nitrogens with one attached hydrogen (secondary N) is 1. The first-order valence-corrected chi connectivity index (χ1v) is 8.76. The molecule has 1 aromatic carbocycles. The Labute approximate surface area is 147 Å². The largest absolute Gasteiger partial charge is 0.324 e. The van der Waals surface area contributed by atoms with E-state index in [9.17, 15) is 4.79 Å². The van der Waals surface area contributed by atoms with Crippen molar-refractivity contribution >= 4 is 22.7 Å². The van der Waals surface area contributed by atoms with E-state index in [4.69, 9.17) is 0 Å². The summed E-state index contributed by atoms with van der Waals surface area (Å²) in [5.41, 5.74) is 4.06. The molecule has 0 saturated carbocycles. The van der Waals surface area contributed by atoms with Crippen molar-refractivity contribution in [1.82, 2.24) is 14.5 Å². The Balaban J connectivity index is 2.07. The van der Waals surface area contributed by atoms with Gasteiger partial charge in [0.25, 0.3) is 5.56 Å². The van der Waals surface area contributed by atoms with Crippen molar-refractivity contribution in [2.24, 2.45) is 0 Å². The van der Waals surface area contributed by atoms with Crippen molar-refractivity contribution in [1.29, 1.82) is 0 Å². The summed E-state index contributed by atoms with van der Waals surface area (Å²) in [5.74, 6) is 0.501. The molecule has 0 amide bonds. The fourth-order valence-corrected chi connectivity index (χ4v) is 3.05. The van der Waals surface area contributed by atoms with E-state index < -0.39 is 0 Å². The Morgan fingerprint density at radius 2 is 1.84 bits per heavy atom. The molecule has 2 heterocycles. The third-order valence-corrected chi connectivity index (χ3v) is 4.74. The number of hydrogen-bond donors (Lipinski definition) is 1. The van der Waals surface area contributed by atoms with E-state index in [1.54, 1.807) is 22.9 Å². The number of pyridine rings is 1. The number of benzene rings is 1. The lowest BCUT2D eigenvalue weighted by Gasteiger charge is -2.18. The lowest BCUT2D eigenvalue weighted by Crippen LogP contribution is -2.24. The molecule has 0 aliphatic heterocycles. The highest BCUT2D eigenvalue weighted by Gasteiger charge is 2.13. The molecule has 3 aromatic rings. The normalized spacial score (nSPS) is 11.2. The maximum atomic E-state index is 12.4. The zero-order chi connectivity index (χ0) is 18.0. The lowest BCUT2D eigenvalue weighted by molar-refractivity contribution is 0.470. The van der Waals surface area contributed by atoms with Crippen LogP contribution in [0.5, 0.6) is 0 Å². The predicted molar refractivity (Wildman–Crippen MR) is 103 cm³/mol. The van der Waals surface area contributed by atoms with Gasteiger partial charge in [-0.15, -0.1) is 0 Å². The molecule has 25 heavy (non-hydrogen) atoms. The molecule has 0 saturated heterocycles. The van der Waals surface area contributed by atoms with Crippen molar-refractivity contribution in [3.05, 3.63) is 58.0 Å². The highest BCUT2D eigenvalue weighted by Crippen LogP contribution is 2.22. The summed E-state index contributed by atoms with van der Waals surface area (Å²) < 4.78 is 1.79. The molecule has 0 aliphatic carbocycles.